The third kappa shape index (κ3) is 1.13. The first-order chi connectivity index (χ1) is 6.20. The Labute approximate surface area is 77.4 Å². The topological polar surface area (TPSA) is 78.9 Å². The van der Waals surface area contributed by atoms with E-state index in [2.05, 4.69) is 15.2 Å². The van der Waals surface area contributed by atoms with Gasteiger partial charge in [0.25, 0.3) is 0 Å². The van der Waals surface area contributed by atoms with E-state index < -0.39 is 5.97 Å². The van der Waals surface area contributed by atoms with Crippen LogP contribution in [0.4, 0.5) is 0 Å². The summed E-state index contributed by atoms with van der Waals surface area (Å²) < 4.78 is 0. The smallest absolute Gasteiger partial charge is 0.356 e. The molecule has 0 unspecified atom stereocenters. The van der Waals surface area contributed by atoms with Crippen LogP contribution in [0.15, 0.2) is 12.4 Å². The number of hydrogen-bond donors (Lipinski definition) is 2. The molecular weight excluding hydrogens is 194 g/mol. The molecule has 0 atom stereocenters. The van der Waals surface area contributed by atoms with Crippen LogP contribution >= 0.6 is 11.6 Å². The normalized spacial score (nSPS) is 10.5. The monoisotopic (exact) mass is 197 g/mol. The molecule has 0 spiro atoms. The predicted octanol–water partition coefficient (Wildman–Crippen LogP) is 1.31. The van der Waals surface area contributed by atoms with Crippen molar-refractivity contribution < 1.29 is 9.90 Å². The SMILES string of the molecule is O=C(O)c1ncc2[nH]ncc2c1Cl. The molecule has 0 aliphatic rings. The van der Waals surface area contributed by atoms with Gasteiger partial charge in [-0.1, -0.05) is 11.6 Å². The van der Waals surface area contributed by atoms with Crippen LogP contribution < -0.4 is 0 Å². The molecule has 66 valence electrons. The minimum absolute atomic E-state index is 0.110. The van der Waals surface area contributed by atoms with E-state index in [1.54, 1.807) is 0 Å². The summed E-state index contributed by atoms with van der Waals surface area (Å²) >= 11 is 5.77. The second kappa shape index (κ2) is 2.70. The van der Waals surface area contributed by atoms with Crippen molar-refractivity contribution in [2.45, 2.75) is 0 Å². The standard InChI is InChI=1S/C7H4ClN3O2/c8-5-3-1-10-11-4(3)2-9-6(5)7(12)13/h1-2H,(H,10,11)(H,12,13). The first kappa shape index (κ1) is 8.00. The molecule has 6 heteroatoms. The molecule has 0 aliphatic heterocycles. The van der Waals surface area contributed by atoms with Crippen molar-refractivity contribution in [1.29, 1.82) is 0 Å². The van der Waals surface area contributed by atoms with E-state index in [1.807, 2.05) is 0 Å². The summed E-state index contributed by atoms with van der Waals surface area (Å²) in [5.41, 5.74) is 0.463. The Morgan fingerprint density at radius 1 is 1.54 bits per heavy atom. The van der Waals surface area contributed by atoms with Crippen molar-refractivity contribution in [3.8, 4) is 0 Å². The van der Waals surface area contributed by atoms with Gasteiger partial charge in [0.1, 0.15) is 0 Å². The fourth-order valence-electron chi connectivity index (χ4n) is 1.03. The molecule has 5 nitrogen and oxygen atoms in total. The van der Waals surface area contributed by atoms with Crippen LogP contribution in [-0.4, -0.2) is 26.3 Å². The Morgan fingerprint density at radius 3 is 3.00 bits per heavy atom. The Balaban J connectivity index is 2.80. The molecule has 2 N–H and O–H groups in total. The molecule has 0 saturated carbocycles. The van der Waals surface area contributed by atoms with Crippen molar-refractivity contribution in [3.05, 3.63) is 23.1 Å². The van der Waals surface area contributed by atoms with Gasteiger partial charge in [0, 0.05) is 5.39 Å². The number of aromatic carboxylic acids is 1. The Morgan fingerprint density at radius 2 is 2.31 bits per heavy atom. The maximum atomic E-state index is 10.6. The van der Waals surface area contributed by atoms with Crippen molar-refractivity contribution in [1.82, 2.24) is 15.2 Å². The minimum Gasteiger partial charge on any atom is -0.476 e. The molecule has 2 rings (SSSR count). The van der Waals surface area contributed by atoms with Gasteiger partial charge in [0.2, 0.25) is 0 Å². The number of hydrogen-bond acceptors (Lipinski definition) is 3. The third-order valence-electron chi connectivity index (χ3n) is 1.64. The molecule has 0 radical (unpaired) electrons. The summed E-state index contributed by atoms with van der Waals surface area (Å²) in [4.78, 5) is 14.3. The number of nitrogens with zero attached hydrogens (tertiary/aromatic N) is 2. The average Bonchev–Trinajstić information content (AvgIpc) is 2.52. The van der Waals surface area contributed by atoms with Gasteiger partial charge in [-0.05, 0) is 0 Å². The number of H-pyrrole nitrogens is 1. The predicted molar refractivity (Wildman–Crippen MR) is 45.9 cm³/mol. The Bertz CT molecular complexity index is 480. The minimum atomic E-state index is -1.15. The second-order valence-electron chi connectivity index (χ2n) is 2.42. The number of aromatic nitrogens is 3. The van der Waals surface area contributed by atoms with Crippen molar-refractivity contribution in [3.63, 3.8) is 0 Å². The lowest BCUT2D eigenvalue weighted by Crippen LogP contribution is -2.00. The molecular formula is C7H4ClN3O2. The summed E-state index contributed by atoms with van der Waals surface area (Å²) in [6.07, 6.45) is 2.85. The van der Waals surface area contributed by atoms with Crippen LogP contribution in [0.3, 0.4) is 0 Å². The third-order valence-corrected chi connectivity index (χ3v) is 2.02. The summed E-state index contributed by atoms with van der Waals surface area (Å²) in [5, 5.41) is 15.7. The lowest BCUT2D eigenvalue weighted by molar-refractivity contribution is 0.0691. The van der Waals surface area contributed by atoms with Crippen LogP contribution in [0.2, 0.25) is 5.02 Å². The summed E-state index contributed by atoms with van der Waals surface area (Å²) in [7, 11) is 0. The van der Waals surface area contributed by atoms with Gasteiger partial charge >= 0.3 is 5.97 Å². The molecule has 0 aromatic carbocycles. The average molecular weight is 198 g/mol. The molecule has 2 heterocycles. The number of halogens is 1. The summed E-state index contributed by atoms with van der Waals surface area (Å²) in [6.45, 7) is 0. The number of carboxylic acid groups (broad SMARTS) is 1. The van der Waals surface area contributed by atoms with Gasteiger partial charge in [-0.15, -0.1) is 0 Å². The number of fused-ring (bicyclic) bond motifs is 1. The summed E-state index contributed by atoms with van der Waals surface area (Å²) in [6, 6.07) is 0. The molecule has 0 fully saturated rings. The van der Waals surface area contributed by atoms with Gasteiger partial charge in [0.15, 0.2) is 5.69 Å². The fraction of sp³-hybridized carbons (Fsp3) is 0. The number of rotatable bonds is 1. The Kier molecular flexibility index (Phi) is 1.66. The maximum Gasteiger partial charge on any atom is 0.356 e. The number of carboxylic acids is 1. The zero-order chi connectivity index (χ0) is 9.42. The number of carbonyl (C=O) groups is 1. The van der Waals surface area contributed by atoms with E-state index in [4.69, 9.17) is 16.7 Å². The molecule has 2 aromatic heterocycles. The van der Waals surface area contributed by atoms with E-state index >= 15 is 0 Å². The first-order valence-electron chi connectivity index (χ1n) is 3.41. The van der Waals surface area contributed by atoms with E-state index in [1.165, 1.54) is 12.4 Å². The number of pyridine rings is 1. The van der Waals surface area contributed by atoms with Crippen LogP contribution in [0.1, 0.15) is 10.5 Å². The fourth-order valence-corrected chi connectivity index (χ4v) is 1.31. The van der Waals surface area contributed by atoms with Crippen LogP contribution in [0.5, 0.6) is 0 Å². The zero-order valence-electron chi connectivity index (χ0n) is 6.28. The van der Waals surface area contributed by atoms with Crippen molar-refractivity contribution >= 4 is 28.5 Å². The highest BCUT2D eigenvalue weighted by Gasteiger charge is 2.13. The van der Waals surface area contributed by atoms with Crippen LogP contribution in [0.25, 0.3) is 10.9 Å². The van der Waals surface area contributed by atoms with Gasteiger partial charge in [-0.2, -0.15) is 5.10 Å². The molecule has 0 amide bonds. The molecule has 13 heavy (non-hydrogen) atoms. The highest BCUT2D eigenvalue weighted by molar-refractivity contribution is 6.37. The van der Waals surface area contributed by atoms with Gasteiger partial charge in [-0.25, -0.2) is 9.78 Å². The van der Waals surface area contributed by atoms with Crippen molar-refractivity contribution in [2.24, 2.45) is 0 Å². The van der Waals surface area contributed by atoms with Gasteiger partial charge in [-0.3, -0.25) is 5.10 Å². The quantitative estimate of drug-likeness (QED) is 0.723. The second-order valence-corrected chi connectivity index (χ2v) is 2.80. The van der Waals surface area contributed by atoms with Gasteiger partial charge in [0.05, 0.1) is 22.9 Å². The van der Waals surface area contributed by atoms with E-state index in [0.29, 0.717) is 10.9 Å². The van der Waals surface area contributed by atoms with E-state index in [-0.39, 0.29) is 10.7 Å². The Hall–Kier alpha value is -1.62. The highest BCUT2D eigenvalue weighted by Crippen LogP contribution is 2.23. The van der Waals surface area contributed by atoms with Crippen LogP contribution in [-0.2, 0) is 0 Å². The van der Waals surface area contributed by atoms with Gasteiger partial charge < -0.3 is 5.11 Å². The maximum absolute atomic E-state index is 10.6. The molecule has 0 bridgehead atoms. The lowest BCUT2D eigenvalue weighted by atomic mass is 10.3. The molecule has 2 aromatic rings. The van der Waals surface area contributed by atoms with Crippen molar-refractivity contribution in [2.75, 3.05) is 0 Å². The van der Waals surface area contributed by atoms with E-state index in [0.717, 1.165) is 0 Å². The van der Waals surface area contributed by atoms with E-state index in [9.17, 15) is 4.79 Å². The number of nitrogens with one attached hydrogen (secondary N) is 1. The largest absolute Gasteiger partial charge is 0.476 e. The number of aromatic amines is 1. The summed E-state index contributed by atoms with van der Waals surface area (Å²) in [5.74, 6) is -1.15. The first-order valence-corrected chi connectivity index (χ1v) is 3.79. The van der Waals surface area contributed by atoms with Crippen LogP contribution in [0, 0.1) is 0 Å². The molecule has 0 aliphatic carbocycles. The molecule has 0 saturated heterocycles. The lowest BCUT2D eigenvalue weighted by Gasteiger charge is -1.97. The zero-order valence-corrected chi connectivity index (χ0v) is 7.04. The highest BCUT2D eigenvalue weighted by atomic mass is 35.5.